The molecule has 0 saturated heterocycles. The van der Waals surface area contributed by atoms with Gasteiger partial charge in [0.05, 0.1) is 5.30 Å². The molecule has 0 amide bonds. The molecule has 6 rings (SSSR count). The summed E-state index contributed by atoms with van der Waals surface area (Å²) in [5.74, 6) is 1.35. The van der Waals surface area contributed by atoms with E-state index in [9.17, 15) is 4.57 Å². The molecule has 0 N–H and O–H groups in total. The molecule has 0 aromatic heterocycles. The van der Waals surface area contributed by atoms with Crippen LogP contribution in [0.2, 0.25) is 0 Å². The Balaban J connectivity index is 1.52. The van der Waals surface area contributed by atoms with E-state index in [0.29, 0.717) is 11.1 Å². The predicted octanol–water partition coefficient (Wildman–Crippen LogP) is 6.99. The van der Waals surface area contributed by atoms with Gasteiger partial charge in [-0.15, -0.1) is 0 Å². The van der Waals surface area contributed by atoms with Crippen LogP contribution in [0.25, 0.3) is 22.3 Å². The van der Waals surface area contributed by atoms with Gasteiger partial charge in [0.25, 0.3) is 0 Å². The number of rotatable bonds is 2. The Morgan fingerprint density at radius 1 is 0.581 bits per heavy atom. The highest BCUT2D eigenvalue weighted by molar-refractivity contribution is 8.95. The van der Waals surface area contributed by atoms with Crippen LogP contribution in [0, 0.1) is 0 Å². The van der Waals surface area contributed by atoms with Crippen molar-refractivity contribution in [2.45, 2.75) is 0 Å². The SMILES string of the molecule is O=P1(SP2(=S)Oc3ccccc3-c3ccccc32)Oc2ccccc2-c2ccccc21. The Morgan fingerprint density at radius 2 is 1.03 bits per heavy atom. The van der Waals surface area contributed by atoms with Crippen molar-refractivity contribution in [3.05, 3.63) is 97.1 Å². The van der Waals surface area contributed by atoms with E-state index in [1.54, 1.807) is 0 Å². The monoisotopic (exact) mass is 478 g/mol. The summed E-state index contributed by atoms with van der Waals surface area (Å²) >= 11 is 7.36. The lowest BCUT2D eigenvalue weighted by atomic mass is 10.0. The fourth-order valence-electron chi connectivity index (χ4n) is 4.04. The van der Waals surface area contributed by atoms with Gasteiger partial charge in [-0.05, 0) is 41.6 Å². The van der Waals surface area contributed by atoms with Gasteiger partial charge in [-0.1, -0.05) is 72.8 Å². The Kier molecular flexibility index (Phi) is 4.45. The van der Waals surface area contributed by atoms with Gasteiger partial charge >= 0.3 is 6.57 Å². The second-order valence-corrected chi connectivity index (χ2v) is 17.9. The first-order valence-electron chi connectivity index (χ1n) is 9.76. The van der Waals surface area contributed by atoms with Crippen molar-refractivity contribution in [2.24, 2.45) is 0 Å². The molecule has 4 aromatic rings. The van der Waals surface area contributed by atoms with Crippen molar-refractivity contribution in [3.63, 3.8) is 0 Å². The molecule has 2 heterocycles. The molecule has 152 valence electrons. The first-order valence-corrected chi connectivity index (χ1v) is 16.1. The molecule has 2 atom stereocenters. The maximum atomic E-state index is 14.4. The number of para-hydroxylation sites is 2. The first-order chi connectivity index (χ1) is 15.1. The van der Waals surface area contributed by atoms with Crippen LogP contribution in [-0.4, -0.2) is 0 Å². The minimum Gasteiger partial charge on any atom is -0.452 e. The molecule has 0 saturated carbocycles. The second-order valence-electron chi connectivity index (χ2n) is 7.29. The minimum absolute atomic E-state index is 0.615. The average molecular weight is 478 g/mol. The molecular formula is C24H16O3P2S2. The van der Waals surface area contributed by atoms with Crippen LogP contribution >= 0.6 is 23.0 Å². The lowest BCUT2D eigenvalue weighted by molar-refractivity contribution is 0.508. The standard InChI is InChI=1S/C24H16O3P2S2/c25-28(23-15-7-3-11-19(23)17-9-1-5-13-21(17)26-28)31-29(30)24-16-8-4-12-20(24)18-10-2-6-14-22(18)27-29/h1-16H. The minimum atomic E-state index is -3.40. The third-order valence-corrected chi connectivity index (χ3v) is 18.1. The zero-order chi connectivity index (χ0) is 21.1. The molecular weight excluding hydrogens is 462 g/mol. The van der Waals surface area contributed by atoms with Gasteiger partial charge in [0, 0.05) is 33.0 Å². The van der Waals surface area contributed by atoms with Gasteiger partial charge in [0.1, 0.15) is 11.5 Å². The van der Waals surface area contributed by atoms with Crippen LogP contribution < -0.4 is 19.7 Å². The van der Waals surface area contributed by atoms with Gasteiger partial charge in [0.2, 0.25) is 5.47 Å². The third-order valence-electron chi connectivity index (χ3n) is 5.40. The van der Waals surface area contributed by atoms with E-state index < -0.39 is 12.0 Å². The topological polar surface area (TPSA) is 35.5 Å². The fraction of sp³-hybridized carbons (Fsp3) is 0. The van der Waals surface area contributed by atoms with E-state index in [1.807, 2.05) is 91.0 Å². The first kappa shape index (κ1) is 19.4. The number of hydrogen-bond acceptors (Lipinski definition) is 5. The van der Waals surface area contributed by atoms with Gasteiger partial charge < -0.3 is 9.05 Å². The Hall–Kier alpha value is -2.29. The lowest BCUT2D eigenvalue weighted by Gasteiger charge is -2.35. The number of fused-ring (bicyclic) bond motifs is 6. The van der Waals surface area contributed by atoms with E-state index in [4.69, 9.17) is 20.9 Å². The summed E-state index contributed by atoms with van der Waals surface area (Å²) < 4.78 is 27.1. The Labute approximate surface area is 189 Å². The third kappa shape index (κ3) is 3.03. The van der Waals surface area contributed by atoms with Crippen molar-refractivity contribution in [1.82, 2.24) is 0 Å². The Morgan fingerprint density at radius 3 is 1.68 bits per heavy atom. The van der Waals surface area contributed by atoms with Crippen LogP contribution in [0.4, 0.5) is 0 Å². The summed E-state index contributed by atoms with van der Waals surface area (Å²) in [4.78, 5) is 0. The van der Waals surface area contributed by atoms with Crippen molar-refractivity contribution in [2.75, 3.05) is 0 Å². The molecule has 4 aromatic carbocycles. The van der Waals surface area contributed by atoms with Crippen molar-refractivity contribution in [1.29, 1.82) is 0 Å². The number of benzene rings is 4. The highest BCUT2D eigenvalue weighted by Gasteiger charge is 2.45. The van der Waals surface area contributed by atoms with Crippen LogP contribution in [0.3, 0.4) is 0 Å². The molecule has 2 aliphatic rings. The fourth-order valence-corrected chi connectivity index (χ4v) is 17.9. The summed E-state index contributed by atoms with van der Waals surface area (Å²) in [7, 11) is 0. The maximum absolute atomic E-state index is 14.4. The van der Waals surface area contributed by atoms with E-state index in [0.717, 1.165) is 33.3 Å². The largest absolute Gasteiger partial charge is 0.452 e. The van der Waals surface area contributed by atoms with Gasteiger partial charge in [-0.2, -0.15) is 0 Å². The van der Waals surface area contributed by atoms with Crippen molar-refractivity contribution in [3.8, 4) is 33.8 Å². The van der Waals surface area contributed by atoms with Crippen LogP contribution in [0.15, 0.2) is 97.1 Å². The number of hydrogen-bond donors (Lipinski definition) is 0. The molecule has 0 fully saturated rings. The summed E-state index contributed by atoms with van der Waals surface area (Å²) in [6.07, 6.45) is 0. The van der Waals surface area contributed by atoms with E-state index in [2.05, 4.69) is 6.07 Å². The van der Waals surface area contributed by atoms with Crippen molar-refractivity contribution < 1.29 is 13.6 Å². The normalized spacial score (nSPS) is 22.7. The van der Waals surface area contributed by atoms with Gasteiger partial charge in [0.15, 0.2) is 0 Å². The summed E-state index contributed by atoms with van der Waals surface area (Å²) in [6.45, 7) is -3.40. The maximum Gasteiger partial charge on any atom is 0.341 e. The quantitative estimate of drug-likeness (QED) is 0.290. The molecule has 2 aliphatic heterocycles. The second kappa shape index (κ2) is 7.12. The molecule has 2 unspecified atom stereocenters. The lowest BCUT2D eigenvalue weighted by Crippen LogP contribution is -2.19. The van der Waals surface area contributed by atoms with Gasteiger partial charge in [-0.25, -0.2) is 0 Å². The van der Waals surface area contributed by atoms with Crippen LogP contribution in [0.5, 0.6) is 11.5 Å². The summed E-state index contributed by atoms with van der Waals surface area (Å²) in [6, 6.07) is 31.3. The summed E-state index contributed by atoms with van der Waals surface area (Å²) in [5, 5.41) is 1.60. The molecule has 7 heteroatoms. The smallest absolute Gasteiger partial charge is 0.341 e. The molecule has 0 spiro atoms. The molecule has 0 aliphatic carbocycles. The zero-order valence-corrected chi connectivity index (χ0v) is 19.6. The zero-order valence-electron chi connectivity index (χ0n) is 16.2. The molecule has 3 nitrogen and oxygen atoms in total. The van der Waals surface area contributed by atoms with E-state index in [1.165, 1.54) is 11.0 Å². The van der Waals surface area contributed by atoms with Crippen LogP contribution in [0.1, 0.15) is 0 Å². The predicted molar refractivity (Wildman–Crippen MR) is 134 cm³/mol. The molecule has 31 heavy (non-hydrogen) atoms. The molecule has 0 radical (unpaired) electrons. The van der Waals surface area contributed by atoms with E-state index in [-0.39, 0.29) is 0 Å². The van der Waals surface area contributed by atoms with E-state index >= 15 is 0 Å². The Bertz CT molecular complexity index is 1340. The van der Waals surface area contributed by atoms with Gasteiger partial charge in [-0.3, -0.25) is 4.57 Å². The highest BCUT2D eigenvalue weighted by Crippen LogP contribution is 2.79. The average Bonchev–Trinajstić information content (AvgIpc) is 2.79. The molecule has 0 bridgehead atoms. The highest BCUT2D eigenvalue weighted by atomic mass is 33.2. The van der Waals surface area contributed by atoms with Crippen molar-refractivity contribution >= 4 is 45.5 Å². The summed E-state index contributed by atoms with van der Waals surface area (Å²) in [5.41, 5.74) is 1.14. The van der Waals surface area contributed by atoms with Crippen LogP contribution in [-0.2, 0) is 16.4 Å².